The van der Waals surface area contributed by atoms with Crippen molar-refractivity contribution >= 4 is 45.0 Å². The molecule has 0 unspecified atom stereocenters. The first-order valence-corrected chi connectivity index (χ1v) is 15.7. The molecule has 4 aromatic rings. The molecular formula is C33H32F3N5O2S2. The van der Waals surface area contributed by atoms with Gasteiger partial charge in [-0.25, -0.2) is 13.2 Å². The van der Waals surface area contributed by atoms with Crippen LogP contribution in [0.25, 0.3) is 10.4 Å². The molecule has 2 amide bonds. The van der Waals surface area contributed by atoms with Crippen molar-refractivity contribution in [2.45, 2.75) is 46.6 Å². The maximum Gasteiger partial charge on any atom is 0.261 e. The third-order valence-electron chi connectivity index (χ3n) is 6.75. The fourth-order valence-corrected chi connectivity index (χ4v) is 6.40. The van der Waals surface area contributed by atoms with Crippen molar-refractivity contribution in [3.05, 3.63) is 111 Å². The lowest BCUT2D eigenvalue weighted by Crippen LogP contribution is -2.22. The van der Waals surface area contributed by atoms with E-state index in [1.165, 1.54) is 18.2 Å². The van der Waals surface area contributed by atoms with E-state index in [0.29, 0.717) is 52.2 Å². The number of carbonyl (C=O) groups excluding carboxylic acids is 2. The molecule has 0 aliphatic heterocycles. The van der Waals surface area contributed by atoms with Gasteiger partial charge in [0.25, 0.3) is 11.8 Å². The van der Waals surface area contributed by atoms with Gasteiger partial charge in [-0.05, 0) is 79.6 Å². The van der Waals surface area contributed by atoms with Crippen LogP contribution >= 0.6 is 23.1 Å². The summed E-state index contributed by atoms with van der Waals surface area (Å²) in [5, 5.41) is 19.9. The van der Waals surface area contributed by atoms with Gasteiger partial charge in [0, 0.05) is 22.5 Å². The predicted molar refractivity (Wildman–Crippen MR) is 174 cm³/mol. The number of thiophene rings is 1. The highest BCUT2D eigenvalue weighted by Crippen LogP contribution is 2.39. The van der Waals surface area contributed by atoms with Gasteiger partial charge in [-0.15, -0.1) is 11.3 Å². The van der Waals surface area contributed by atoms with Gasteiger partial charge in [0.1, 0.15) is 10.9 Å². The summed E-state index contributed by atoms with van der Waals surface area (Å²) < 4.78 is 40.5. The third-order valence-corrected chi connectivity index (χ3v) is 8.57. The van der Waals surface area contributed by atoms with Crippen LogP contribution in [0.4, 0.5) is 13.2 Å². The van der Waals surface area contributed by atoms with Gasteiger partial charge < -0.3 is 11.1 Å². The Bertz CT molecular complexity index is 1770. The van der Waals surface area contributed by atoms with Crippen LogP contribution in [0.15, 0.2) is 54.6 Å². The van der Waals surface area contributed by atoms with Crippen LogP contribution in [0.2, 0.25) is 0 Å². The van der Waals surface area contributed by atoms with E-state index in [1.54, 1.807) is 31.2 Å². The zero-order valence-electron chi connectivity index (χ0n) is 24.9. The number of rotatable bonds is 11. The Morgan fingerprint density at radius 3 is 2.24 bits per heavy atom. The minimum absolute atomic E-state index is 0.00422. The third kappa shape index (κ3) is 8.46. The number of halogens is 3. The molecule has 0 atom stereocenters. The number of hydrogen-bond donors (Lipinski definition) is 4. The molecular weight excluding hydrogens is 620 g/mol. The molecule has 2 aromatic heterocycles. The van der Waals surface area contributed by atoms with Gasteiger partial charge in [0.05, 0.1) is 26.9 Å². The van der Waals surface area contributed by atoms with Crippen LogP contribution in [0.3, 0.4) is 0 Å². The molecule has 0 saturated carbocycles. The van der Waals surface area contributed by atoms with Crippen LogP contribution in [-0.2, 0) is 25.8 Å². The molecule has 0 saturated heterocycles. The van der Waals surface area contributed by atoms with E-state index < -0.39 is 23.4 Å². The molecule has 2 heterocycles. The van der Waals surface area contributed by atoms with E-state index in [1.807, 2.05) is 13.8 Å². The fraction of sp³-hybridized carbons (Fsp3) is 0.242. The molecule has 7 nitrogen and oxygen atoms in total. The van der Waals surface area contributed by atoms with Crippen LogP contribution in [-0.4, -0.2) is 26.9 Å². The monoisotopic (exact) mass is 651 g/mol. The largest absolute Gasteiger partial charge is 0.366 e. The topological polar surface area (TPSA) is 133 Å². The van der Waals surface area contributed by atoms with Crippen LogP contribution in [0.1, 0.15) is 68.9 Å². The van der Waals surface area contributed by atoms with E-state index in [0.717, 1.165) is 40.8 Å². The summed E-state index contributed by atoms with van der Waals surface area (Å²) in [7, 11) is 0. The molecule has 45 heavy (non-hydrogen) atoms. The van der Waals surface area contributed by atoms with Crippen molar-refractivity contribution < 1.29 is 22.8 Å². The summed E-state index contributed by atoms with van der Waals surface area (Å²) in [6.45, 7) is 5.47. The van der Waals surface area contributed by atoms with Crippen LogP contribution < -0.4 is 11.1 Å². The number of amides is 2. The summed E-state index contributed by atoms with van der Waals surface area (Å²) in [5.74, 6) is -3.45. The van der Waals surface area contributed by atoms with E-state index in [-0.39, 0.29) is 38.8 Å². The van der Waals surface area contributed by atoms with Crippen molar-refractivity contribution in [1.29, 1.82) is 10.8 Å². The normalized spacial score (nSPS) is 11.1. The second-order valence-electron chi connectivity index (χ2n) is 10.8. The van der Waals surface area contributed by atoms with Gasteiger partial charge in [0.2, 0.25) is 0 Å². The van der Waals surface area contributed by atoms with Gasteiger partial charge in [-0.2, -0.15) is 0 Å². The number of benzene rings is 2. The Morgan fingerprint density at radius 2 is 1.62 bits per heavy atom. The van der Waals surface area contributed by atoms with Gasteiger partial charge in [0.15, 0.2) is 11.6 Å². The number of nitrogens with two attached hydrogens (primary N) is 1. The quantitative estimate of drug-likeness (QED) is 0.100. The van der Waals surface area contributed by atoms with Crippen molar-refractivity contribution in [1.82, 2.24) is 10.3 Å². The molecule has 12 heteroatoms. The molecule has 0 aliphatic carbocycles. The summed E-state index contributed by atoms with van der Waals surface area (Å²) >= 11 is 1.99. The number of hydrogen-bond acceptors (Lipinski definition) is 7. The van der Waals surface area contributed by atoms with Crippen LogP contribution in [0, 0.1) is 34.2 Å². The van der Waals surface area contributed by atoms with E-state index in [2.05, 4.69) is 5.32 Å². The number of nitrogens with one attached hydrogen (secondary N) is 3. The number of carbonyl (C=O) groups is 2. The summed E-state index contributed by atoms with van der Waals surface area (Å²) in [6.07, 6.45) is 1.25. The van der Waals surface area contributed by atoms with Crippen molar-refractivity contribution in [2.24, 2.45) is 11.7 Å². The number of nitrogens with zero attached hydrogens (tertiary/aromatic N) is 1. The minimum Gasteiger partial charge on any atom is -0.366 e. The Hall–Kier alpha value is -4.29. The maximum absolute atomic E-state index is 13.6. The summed E-state index contributed by atoms with van der Waals surface area (Å²) in [6, 6.07) is 12.7. The molecule has 0 fully saturated rings. The molecule has 2 aromatic carbocycles. The standard InChI is InChI=1S/C33H32F3N5O2S2/c1-17(2)14-25-28(31(38)42)30(26-12-13-27(45-26)33(43)40-16-20-6-10-22(35)23(36)15-20)29(32(39)44-18(3)37)24(41-25)11-7-19-4-8-21(34)9-5-19/h4-6,8-10,12-13,15,17,37,39H,7,11,14,16H2,1-3H3,(H2,38,42)(H,40,43). The van der Waals surface area contributed by atoms with Crippen molar-refractivity contribution in [2.75, 3.05) is 0 Å². The lowest BCUT2D eigenvalue weighted by Gasteiger charge is -2.21. The van der Waals surface area contributed by atoms with E-state index in [9.17, 15) is 22.8 Å². The highest BCUT2D eigenvalue weighted by Gasteiger charge is 2.28. The van der Waals surface area contributed by atoms with E-state index >= 15 is 0 Å². The van der Waals surface area contributed by atoms with Crippen molar-refractivity contribution in [3.63, 3.8) is 0 Å². The summed E-state index contributed by atoms with van der Waals surface area (Å²) in [5.41, 5.74) is 9.03. The Kier molecular flexibility index (Phi) is 10.9. The molecule has 4 rings (SSSR count). The second kappa shape index (κ2) is 14.7. The maximum atomic E-state index is 13.6. The smallest absolute Gasteiger partial charge is 0.261 e. The molecule has 0 radical (unpaired) electrons. The van der Waals surface area contributed by atoms with Gasteiger partial charge >= 0.3 is 0 Å². The number of pyridine rings is 1. The SMILES string of the molecule is CC(=N)SC(=N)c1c(CCc2ccc(F)cc2)nc(CC(C)C)c(C(N)=O)c1-c1ccc(C(=O)NCc2ccc(F)c(F)c2)s1. The average molecular weight is 652 g/mol. The number of aromatic nitrogens is 1. The predicted octanol–water partition coefficient (Wildman–Crippen LogP) is 7.30. The van der Waals surface area contributed by atoms with Gasteiger partial charge in [-0.3, -0.25) is 25.4 Å². The Morgan fingerprint density at radius 1 is 0.933 bits per heavy atom. The number of primary amides is 1. The summed E-state index contributed by atoms with van der Waals surface area (Å²) in [4.78, 5) is 31.8. The van der Waals surface area contributed by atoms with Gasteiger partial charge in [-0.1, -0.05) is 43.8 Å². The zero-order valence-corrected chi connectivity index (χ0v) is 26.5. The average Bonchev–Trinajstić information content (AvgIpc) is 3.46. The second-order valence-corrected chi connectivity index (χ2v) is 13.1. The zero-order chi connectivity index (χ0) is 32.8. The lowest BCUT2D eigenvalue weighted by molar-refractivity contribution is 0.0953. The highest BCUT2D eigenvalue weighted by molar-refractivity contribution is 8.26. The van der Waals surface area contributed by atoms with Crippen molar-refractivity contribution in [3.8, 4) is 10.4 Å². The molecule has 0 spiro atoms. The van der Waals surface area contributed by atoms with E-state index in [4.69, 9.17) is 21.5 Å². The first kappa shape index (κ1) is 33.6. The lowest BCUT2D eigenvalue weighted by atomic mass is 9.91. The number of thioether (sulfide) groups is 1. The molecule has 234 valence electrons. The first-order valence-electron chi connectivity index (χ1n) is 14.1. The highest BCUT2D eigenvalue weighted by atomic mass is 32.2. The Labute approximate surface area is 267 Å². The molecule has 0 aliphatic rings. The number of aryl methyl sites for hydroxylation is 2. The molecule has 0 bridgehead atoms. The fourth-order valence-electron chi connectivity index (χ4n) is 4.79. The Balaban J connectivity index is 1.81. The van der Waals surface area contributed by atoms with Crippen LogP contribution in [0.5, 0.6) is 0 Å². The minimum atomic E-state index is -1.02. The molecule has 5 N–H and O–H groups in total. The first-order chi connectivity index (χ1) is 21.3.